The summed E-state index contributed by atoms with van der Waals surface area (Å²) in [5, 5.41) is 13.4. The van der Waals surface area contributed by atoms with Gasteiger partial charge in [-0.3, -0.25) is 10.4 Å². The van der Waals surface area contributed by atoms with Gasteiger partial charge in [-0.25, -0.2) is 4.79 Å². The van der Waals surface area contributed by atoms with Crippen molar-refractivity contribution in [1.82, 2.24) is 15.5 Å². The summed E-state index contributed by atoms with van der Waals surface area (Å²) < 4.78 is 5.52. The summed E-state index contributed by atoms with van der Waals surface area (Å²) in [6.45, 7) is 4.60. The van der Waals surface area contributed by atoms with E-state index in [9.17, 15) is 4.79 Å². The van der Waals surface area contributed by atoms with Gasteiger partial charge in [0.15, 0.2) is 5.82 Å². The van der Waals surface area contributed by atoms with Crippen LogP contribution in [-0.2, 0) is 6.42 Å². The number of carbonyl (C=O) groups is 1. The molecule has 1 aromatic heterocycles. The van der Waals surface area contributed by atoms with Crippen molar-refractivity contribution in [3.63, 3.8) is 0 Å². The van der Waals surface area contributed by atoms with Crippen LogP contribution in [0, 0.1) is 0 Å². The molecule has 6 heteroatoms. The molecule has 2 aromatic carbocycles. The number of hydrogen-bond donors (Lipinski definition) is 3. The number of urea groups is 1. The van der Waals surface area contributed by atoms with E-state index in [-0.39, 0.29) is 6.03 Å². The summed E-state index contributed by atoms with van der Waals surface area (Å²) in [5.74, 6) is 1.16. The van der Waals surface area contributed by atoms with Gasteiger partial charge in [0.05, 0.1) is 5.52 Å². The van der Waals surface area contributed by atoms with E-state index in [1.807, 2.05) is 48.5 Å². The summed E-state index contributed by atoms with van der Waals surface area (Å²) in [4.78, 5) is 12.1. The summed E-state index contributed by atoms with van der Waals surface area (Å²) in [6.07, 6.45) is 2.45. The topological polar surface area (TPSA) is 79.0 Å². The number of aromatic nitrogens is 2. The van der Waals surface area contributed by atoms with Crippen molar-refractivity contribution >= 4 is 22.8 Å². The van der Waals surface area contributed by atoms with E-state index in [0.29, 0.717) is 24.7 Å². The largest absolute Gasteiger partial charge is 0.490 e. The summed E-state index contributed by atoms with van der Waals surface area (Å²) in [6, 6.07) is 15.3. The predicted molar refractivity (Wildman–Crippen MR) is 99.0 cm³/mol. The lowest BCUT2D eigenvalue weighted by Gasteiger charge is -2.07. The second-order valence-corrected chi connectivity index (χ2v) is 5.50. The first-order chi connectivity index (χ1) is 12.3. The molecule has 3 aromatic rings. The van der Waals surface area contributed by atoms with Gasteiger partial charge in [-0.15, -0.1) is 0 Å². The number of anilines is 1. The van der Waals surface area contributed by atoms with Gasteiger partial charge < -0.3 is 10.1 Å². The maximum absolute atomic E-state index is 12.1. The third-order valence-corrected chi connectivity index (χ3v) is 3.68. The average Bonchev–Trinajstić information content (AvgIpc) is 3.03. The SMILES string of the molecule is C=CCOc1ccc2[nH]nc(NC(=O)NCCc3ccccc3)c2c1. The number of carbonyl (C=O) groups excluding carboxylic acids is 1. The van der Waals surface area contributed by atoms with Crippen molar-refractivity contribution in [2.24, 2.45) is 0 Å². The number of amides is 2. The number of rotatable bonds is 7. The molecule has 3 rings (SSSR count). The van der Waals surface area contributed by atoms with E-state index in [1.165, 1.54) is 5.56 Å². The molecule has 128 valence electrons. The number of H-pyrrole nitrogens is 1. The highest BCUT2D eigenvalue weighted by atomic mass is 16.5. The minimum absolute atomic E-state index is 0.290. The monoisotopic (exact) mass is 336 g/mol. The molecule has 0 aliphatic carbocycles. The molecule has 25 heavy (non-hydrogen) atoms. The Morgan fingerprint density at radius 1 is 1.24 bits per heavy atom. The van der Waals surface area contributed by atoms with Crippen molar-refractivity contribution in [2.75, 3.05) is 18.5 Å². The van der Waals surface area contributed by atoms with Crippen LogP contribution in [0.3, 0.4) is 0 Å². The first-order valence-electron chi connectivity index (χ1n) is 8.07. The van der Waals surface area contributed by atoms with Crippen molar-refractivity contribution in [3.05, 3.63) is 66.7 Å². The summed E-state index contributed by atoms with van der Waals surface area (Å²) in [7, 11) is 0. The summed E-state index contributed by atoms with van der Waals surface area (Å²) in [5.41, 5.74) is 2.00. The second kappa shape index (κ2) is 8.01. The van der Waals surface area contributed by atoms with Gasteiger partial charge in [-0.2, -0.15) is 5.10 Å². The molecule has 6 nitrogen and oxygen atoms in total. The lowest BCUT2D eigenvalue weighted by atomic mass is 10.1. The van der Waals surface area contributed by atoms with Crippen molar-refractivity contribution < 1.29 is 9.53 Å². The maximum atomic E-state index is 12.1. The zero-order valence-electron chi connectivity index (χ0n) is 13.8. The van der Waals surface area contributed by atoms with Crippen LogP contribution >= 0.6 is 0 Å². The molecule has 0 saturated carbocycles. The normalized spacial score (nSPS) is 10.4. The van der Waals surface area contributed by atoms with Gasteiger partial charge in [0.2, 0.25) is 0 Å². The lowest BCUT2D eigenvalue weighted by Crippen LogP contribution is -2.30. The van der Waals surface area contributed by atoms with Gasteiger partial charge in [0.1, 0.15) is 12.4 Å². The number of nitrogens with zero attached hydrogens (tertiary/aromatic N) is 1. The second-order valence-electron chi connectivity index (χ2n) is 5.50. The van der Waals surface area contributed by atoms with Crippen LogP contribution in [0.4, 0.5) is 10.6 Å². The number of nitrogens with one attached hydrogen (secondary N) is 3. The van der Waals surface area contributed by atoms with E-state index >= 15 is 0 Å². The van der Waals surface area contributed by atoms with Gasteiger partial charge in [0.25, 0.3) is 0 Å². The van der Waals surface area contributed by atoms with Gasteiger partial charge >= 0.3 is 6.03 Å². The zero-order valence-corrected chi connectivity index (χ0v) is 13.8. The molecular weight excluding hydrogens is 316 g/mol. The minimum Gasteiger partial charge on any atom is -0.490 e. The number of ether oxygens (including phenoxy) is 1. The van der Waals surface area contributed by atoms with Crippen LogP contribution in [0.2, 0.25) is 0 Å². The number of benzene rings is 2. The van der Waals surface area contributed by atoms with Crippen LogP contribution in [0.5, 0.6) is 5.75 Å². The fourth-order valence-corrected chi connectivity index (χ4v) is 2.45. The van der Waals surface area contributed by atoms with Crippen LogP contribution in [0.15, 0.2) is 61.2 Å². The minimum atomic E-state index is -0.290. The molecule has 1 heterocycles. The van der Waals surface area contributed by atoms with Gasteiger partial charge in [-0.1, -0.05) is 43.0 Å². The molecule has 0 aliphatic heterocycles. The molecule has 0 radical (unpaired) electrons. The first-order valence-corrected chi connectivity index (χ1v) is 8.07. The Morgan fingerprint density at radius 3 is 2.88 bits per heavy atom. The van der Waals surface area contributed by atoms with E-state index in [1.54, 1.807) is 6.08 Å². The van der Waals surface area contributed by atoms with Crippen LogP contribution in [-0.4, -0.2) is 29.4 Å². The fourth-order valence-electron chi connectivity index (χ4n) is 2.45. The highest BCUT2D eigenvalue weighted by Crippen LogP contribution is 2.25. The average molecular weight is 336 g/mol. The van der Waals surface area contributed by atoms with Gasteiger partial charge in [-0.05, 0) is 30.2 Å². The third kappa shape index (κ3) is 4.38. The Bertz CT molecular complexity index is 858. The quantitative estimate of drug-likeness (QED) is 0.578. The Hall–Kier alpha value is -3.28. The maximum Gasteiger partial charge on any atom is 0.320 e. The molecule has 0 aliphatic rings. The fraction of sp³-hybridized carbons (Fsp3) is 0.158. The van der Waals surface area contributed by atoms with E-state index in [2.05, 4.69) is 27.4 Å². The first kappa shape index (κ1) is 16.6. The number of aromatic amines is 1. The highest BCUT2D eigenvalue weighted by Gasteiger charge is 2.10. The molecule has 3 N–H and O–H groups in total. The lowest BCUT2D eigenvalue weighted by molar-refractivity contribution is 0.252. The van der Waals surface area contributed by atoms with E-state index < -0.39 is 0 Å². The zero-order chi connectivity index (χ0) is 17.5. The summed E-state index contributed by atoms with van der Waals surface area (Å²) >= 11 is 0. The molecule has 2 amide bonds. The molecule has 0 spiro atoms. The number of hydrogen-bond acceptors (Lipinski definition) is 3. The van der Waals surface area contributed by atoms with Crippen LogP contribution in [0.1, 0.15) is 5.56 Å². The Kier molecular flexibility index (Phi) is 5.31. The van der Waals surface area contributed by atoms with Crippen LogP contribution in [0.25, 0.3) is 10.9 Å². The molecular formula is C19H20N4O2. The van der Waals surface area contributed by atoms with Crippen molar-refractivity contribution in [1.29, 1.82) is 0 Å². The smallest absolute Gasteiger partial charge is 0.320 e. The van der Waals surface area contributed by atoms with E-state index in [0.717, 1.165) is 17.3 Å². The Labute approximate surface area is 145 Å². The Morgan fingerprint density at radius 2 is 2.08 bits per heavy atom. The molecule has 0 atom stereocenters. The molecule has 0 fully saturated rings. The van der Waals surface area contributed by atoms with Crippen molar-refractivity contribution in [3.8, 4) is 5.75 Å². The molecule has 0 saturated heterocycles. The highest BCUT2D eigenvalue weighted by molar-refractivity contribution is 5.99. The molecule has 0 bridgehead atoms. The van der Waals surface area contributed by atoms with Crippen LogP contribution < -0.4 is 15.4 Å². The van der Waals surface area contributed by atoms with Gasteiger partial charge in [0, 0.05) is 11.9 Å². The van der Waals surface area contributed by atoms with Crippen molar-refractivity contribution in [2.45, 2.75) is 6.42 Å². The predicted octanol–water partition coefficient (Wildman–Crippen LogP) is 3.49. The standard InChI is InChI=1S/C19H20N4O2/c1-2-12-25-15-8-9-17-16(13-15)18(23-22-17)21-19(24)20-11-10-14-6-4-3-5-7-14/h2-9,13H,1,10-12H2,(H3,20,21,22,23,24). The number of fused-ring (bicyclic) bond motifs is 1. The molecule has 0 unspecified atom stereocenters. The Balaban J connectivity index is 1.59. The third-order valence-electron chi connectivity index (χ3n) is 3.68. The van der Waals surface area contributed by atoms with E-state index in [4.69, 9.17) is 4.74 Å².